The minimum atomic E-state index is -1.25. The quantitative estimate of drug-likeness (QED) is 0.467. The Morgan fingerprint density at radius 1 is 1.19 bits per heavy atom. The van der Waals surface area contributed by atoms with E-state index in [-0.39, 0.29) is 5.78 Å². The lowest BCUT2D eigenvalue weighted by Crippen LogP contribution is -2.41. The predicted octanol–water partition coefficient (Wildman–Crippen LogP) is 2.25. The Labute approximate surface area is 159 Å². The van der Waals surface area contributed by atoms with Crippen molar-refractivity contribution in [3.8, 4) is 0 Å². The zero-order chi connectivity index (χ0) is 19.6. The standard InChI is InChI=1S/C19H18N2O5S/c1-12-5-7-13(8-6-12)19(2)17(24)21(18(25)20-19)10-16(23)26-11-14(22)15-4-3-9-27-15/h3-9H,10-11H2,1-2H3,(H,20,25)/t19-/m1/s1. The number of ether oxygens (including phenoxy) is 1. The molecule has 1 aliphatic heterocycles. The minimum absolute atomic E-state index is 0.333. The lowest BCUT2D eigenvalue weighted by molar-refractivity contribution is -0.146. The highest BCUT2D eigenvalue weighted by Gasteiger charge is 2.49. The lowest BCUT2D eigenvalue weighted by Gasteiger charge is -2.22. The number of esters is 1. The van der Waals surface area contributed by atoms with Gasteiger partial charge in [-0.3, -0.25) is 19.3 Å². The highest BCUT2D eigenvalue weighted by Crippen LogP contribution is 2.28. The first-order valence-corrected chi connectivity index (χ1v) is 9.13. The zero-order valence-corrected chi connectivity index (χ0v) is 15.7. The van der Waals surface area contributed by atoms with Crippen LogP contribution in [-0.4, -0.2) is 41.7 Å². The highest BCUT2D eigenvalue weighted by atomic mass is 32.1. The summed E-state index contributed by atoms with van der Waals surface area (Å²) in [6.07, 6.45) is 0. The van der Waals surface area contributed by atoms with Gasteiger partial charge in [0.25, 0.3) is 5.91 Å². The normalized spacial score (nSPS) is 19.1. The van der Waals surface area contributed by atoms with Gasteiger partial charge in [-0.15, -0.1) is 11.3 Å². The molecular formula is C19H18N2O5S. The Kier molecular flexibility index (Phi) is 5.09. The number of ketones is 1. The molecule has 0 unspecified atom stereocenters. The van der Waals surface area contributed by atoms with Gasteiger partial charge in [0.05, 0.1) is 4.88 Å². The number of aryl methyl sites for hydroxylation is 1. The van der Waals surface area contributed by atoms with E-state index in [2.05, 4.69) is 5.32 Å². The van der Waals surface area contributed by atoms with Gasteiger partial charge in [0.15, 0.2) is 6.61 Å². The molecule has 0 spiro atoms. The molecule has 1 N–H and O–H groups in total. The van der Waals surface area contributed by atoms with Gasteiger partial charge in [-0.05, 0) is 30.9 Å². The third-order valence-electron chi connectivity index (χ3n) is 4.35. The van der Waals surface area contributed by atoms with Crippen molar-refractivity contribution in [3.63, 3.8) is 0 Å². The molecule has 3 amide bonds. The number of nitrogens with one attached hydrogen (secondary N) is 1. The smallest absolute Gasteiger partial charge is 0.326 e. The molecule has 1 aromatic carbocycles. The molecule has 1 aromatic heterocycles. The van der Waals surface area contributed by atoms with Crippen molar-refractivity contribution in [1.82, 2.24) is 10.2 Å². The van der Waals surface area contributed by atoms with Crippen molar-refractivity contribution in [2.75, 3.05) is 13.2 Å². The molecule has 1 aliphatic rings. The number of carbonyl (C=O) groups is 4. The van der Waals surface area contributed by atoms with Gasteiger partial charge in [-0.25, -0.2) is 4.79 Å². The monoisotopic (exact) mass is 386 g/mol. The van der Waals surface area contributed by atoms with Crippen molar-refractivity contribution in [3.05, 3.63) is 57.8 Å². The average molecular weight is 386 g/mol. The van der Waals surface area contributed by atoms with Crippen molar-refractivity contribution >= 4 is 35.0 Å². The first-order chi connectivity index (χ1) is 12.8. The highest BCUT2D eigenvalue weighted by molar-refractivity contribution is 7.12. The number of benzene rings is 1. The Morgan fingerprint density at radius 2 is 1.89 bits per heavy atom. The Morgan fingerprint density at radius 3 is 2.52 bits per heavy atom. The van der Waals surface area contributed by atoms with Crippen molar-refractivity contribution in [2.24, 2.45) is 0 Å². The number of thiophene rings is 1. The molecule has 1 atom stereocenters. The van der Waals surface area contributed by atoms with E-state index in [1.54, 1.807) is 36.6 Å². The van der Waals surface area contributed by atoms with Crippen LogP contribution in [0.3, 0.4) is 0 Å². The number of imide groups is 1. The van der Waals surface area contributed by atoms with E-state index in [1.807, 2.05) is 19.1 Å². The summed E-state index contributed by atoms with van der Waals surface area (Å²) in [7, 11) is 0. The van der Waals surface area contributed by atoms with Crippen LogP contribution < -0.4 is 5.32 Å². The Balaban J connectivity index is 1.64. The largest absolute Gasteiger partial charge is 0.456 e. The number of hydrogen-bond donors (Lipinski definition) is 1. The summed E-state index contributed by atoms with van der Waals surface area (Å²) in [6, 6.07) is 9.87. The van der Waals surface area contributed by atoms with Gasteiger partial charge in [-0.1, -0.05) is 35.9 Å². The van der Waals surface area contributed by atoms with Gasteiger partial charge >= 0.3 is 12.0 Å². The maximum absolute atomic E-state index is 12.8. The molecule has 7 nitrogen and oxygen atoms in total. The molecular weight excluding hydrogens is 368 g/mol. The SMILES string of the molecule is Cc1ccc([C@@]2(C)NC(=O)N(CC(=O)OCC(=O)c3cccs3)C2=O)cc1. The number of rotatable bonds is 6. The molecule has 0 saturated carbocycles. The summed E-state index contributed by atoms with van der Waals surface area (Å²) >= 11 is 1.25. The third kappa shape index (κ3) is 3.75. The van der Waals surface area contributed by atoms with Crippen LogP contribution in [0.25, 0.3) is 0 Å². The van der Waals surface area contributed by atoms with Crippen LogP contribution >= 0.6 is 11.3 Å². The second-order valence-corrected chi connectivity index (χ2v) is 7.32. The van der Waals surface area contributed by atoms with Crippen LogP contribution in [0.4, 0.5) is 4.79 Å². The number of urea groups is 1. The maximum Gasteiger partial charge on any atom is 0.326 e. The molecule has 1 fully saturated rings. The van der Waals surface area contributed by atoms with Crippen LogP contribution in [0.5, 0.6) is 0 Å². The van der Waals surface area contributed by atoms with Gasteiger partial charge in [-0.2, -0.15) is 0 Å². The number of Topliss-reactive ketones (excluding diaryl/α,β-unsaturated/α-hetero) is 1. The van der Waals surface area contributed by atoms with E-state index in [1.165, 1.54) is 11.3 Å². The van der Waals surface area contributed by atoms with E-state index >= 15 is 0 Å². The molecule has 1 saturated heterocycles. The number of carbonyl (C=O) groups excluding carboxylic acids is 4. The van der Waals surface area contributed by atoms with Crippen LogP contribution in [0, 0.1) is 6.92 Å². The van der Waals surface area contributed by atoms with Crippen LogP contribution in [0.2, 0.25) is 0 Å². The third-order valence-corrected chi connectivity index (χ3v) is 5.26. The Hall–Kier alpha value is -3.00. The van der Waals surface area contributed by atoms with E-state index in [0.717, 1.165) is 10.5 Å². The van der Waals surface area contributed by atoms with E-state index in [4.69, 9.17) is 4.74 Å². The molecule has 0 radical (unpaired) electrons. The minimum Gasteiger partial charge on any atom is -0.456 e. The maximum atomic E-state index is 12.8. The summed E-state index contributed by atoms with van der Waals surface area (Å²) in [6.45, 7) is 2.52. The van der Waals surface area contributed by atoms with Gasteiger partial charge in [0, 0.05) is 0 Å². The number of hydrogen-bond acceptors (Lipinski definition) is 6. The molecule has 27 heavy (non-hydrogen) atoms. The molecule has 0 bridgehead atoms. The van der Waals surface area contributed by atoms with Gasteiger partial charge < -0.3 is 10.1 Å². The molecule has 3 rings (SSSR count). The molecule has 2 heterocycles. The Bertz CT molecular complexity index is 891. The molecule has 140 valence electrons. The fourth-order valence-electron chi connectivity index (χ4n) is 2.75. The van der Waals surface area contributed by atoms with Crippen LogP contribution in [0.1, 0.15) is 27.7 Å². The summed E-state index contributed by atoms with van der Waals surface area (Å²) in [4.78, 5) is 50.1. The second-order valence-electron chi connectivity index (χ2n) is 6.37. The van der Waals surface area contributed by atoms with Crippen LogP contribution in [-0.2, 0) is 19.9 Å². The van der Waals surface area contributed by atoms with Gasteiger partial charge in [0.2, 0.25) is 5.78 Å². The fraction of sp³-hybridized carbons (Fsp3) is 0.263. The fourth-order valence-corrected chi connectivity index (χ4v) is 3.40. The number of amides is 3. The van der Waals surface area contributed by atoms with E-state index < -0.39 is 36.6 Å². The topological polar surface area (TPSA) is 92.8 Å². The molecule has 0 aliphatic carbocycles. The summed E-state index contributed by atoms with van der Waals surface area (Å²) in [5, 5.41) is 4.37. The predicted molar refractivity (Wildman–Crippen MR) is 98.4 cm³/mol. The molecule has 2 aromatic rings. The lowest BCUT2D eigenvalue weighted by atomic mass is 9.91. The summed E-state index contributed by atoms with van der Waals surface area (Å²) < 4.78 is 4.92. The summed E-state index contributed by atoms with van der Waals surface area (Å²) in [5.74, 6) is -1.70. The average Bonchev–Trinajstić information content (AvgIpc) is 3.24. The number of nitrogens with zero attached hydrogens (tertiary/aromatic N) is 1. The van der Waals surface area contributed by atoms with Crippen molar-refractivity contribution in [2.45, 2.75) is 19.4 Å². The van der Waals surface area contributed by atoms with E-state index in [0.29, 0.717) is 10.4 Å². The second kappa shape index (κ2) is 7.32. The first kappa shape index (κ1) is 18.8. The molecule has 8 heteroatoms. The van der Waals surface area contributed by atoms with Crippen LogP contribution in [0.15, 0.2) is 41.8 Å². The van der Waals surface area contributed by atoms with E-state index in [9.17, 15) is 19.2 Å². The first-order valence-electron chi connectivity index (χ1n) is 8.25. The van der Waals surface area contributed by atoms with Crippen molar-refractivity contribution in [1.29, 1.82) is 0 Å². The summed E-state index contributed by atoms with van der Waals surface area (Å²) in [5.41, 5.74) is 0.392. The zero-order valence-electron chi connectivity index (χ0n) is 14.9. The van der Waals surface area contributed by atoms with Crippen molar-refractivity contribution < 1.29 is 23.9 Å². The van der Waals surface area contributed by atoms with Gasteiger partial charge in [0.1, 0.15) is 12.1 Å².